The molecular formula is C17H28N4OSi. The summed E-state index contributed by atoms with van der Waals surface area (Å²) < 4.78 is 7.91. The fraction of sp³-hybridized carbons (Fsp3) is 0.647. The Morgan fingerprint density at radius 1 is 1.30 bits per heavy atom. The zero-order valence-electron chi connectivity index (χ0n) is 14.7. The van der Waals surface area contributed by atoms with Crippen LogP contribution in [-0.2, 0) is 18.0 Å². The van der Waals surface area contributed by atoms with Crippen LogP contribution in [-0.4, -0.2) is 36.5 Å². The molecule has 0 radical (unpaired) electrons. The van der Waals surface area contributed by atoms with Crippen LogP contribution in [0.5, 0.6) is 0 Å². The molecule has 1 N–H and O–H groups in total. The molecule has 0 aliphatic heterocycles. The SMILES string of the molecule is CNCc1c(C2CC2)ncc2cnn(COCC[Si](C)(C)C)c12. The second-order valence-electron chi connectivity index (χ2n) is 7.72. The van der Waals surface area contributed by atoms with E-state index in [2.05, 4.69) is 30.1 Å². The van der Waals surface area contributed by atoms with Gasteiger partial charge in [-0.25, -0.2) is 4.68 Å². The molecular weight excluding hydrogens is 304 g/mol. The van der Waals surface area contributed by atoms with E-state index < -0.39 is 8.07 Å². The summed E-state index contributed by atoms with van der Waals surface area (Å²) >= 11 is 0. The second kappa shape index (κ2) is 6.71. The van der Waals surface area contributed by atoms with E-state index in [0.29, 0.717) is 12.6 Å². The summed E-state index contributed by atoms with van der Waals surface area (Å²) in [6.07, 6.45) is 6.39. The van der Waals surface area contributed by atoms with Crippen LogP contribution in [0.25, 0.3) is 10.9 Å². The average Bonchev–Trinajstić information content (AvgIpc) is 3.24. The van der Waals surface area contributed by atoms with Gasteiger partial charge in [0.2, 0.25) is 0 Å². The number of rotatable bonds is 8. The number of ether oxygens (including phenoxy) is 1. The topological polar surface area (TPSA) is 52.0 Å². The first-order valence-electron chi connectivity index (χ1n) is 8.55. The van der Waals surface area contributed by atoms with Crippen LogP contribution in [0.15, 0.2) is 12.4 Å². The van der Waals surface area contributed by atoms with Gasteiger partial charge in [0, 0.05) is 44.3 Å². The van der Waals surface area contributed by atoms with Gasteiger partial charge in [0.1, 0.15) is 6.73 Å². The van der Waals surface area contributed by atoms with Gasteiger partial charge in [0.25, 0.3) is 0 Å². The lowest BCUT2D eigenvalue weighted by Crippen LogP contribution is -2.22. The predicted octanol–water partition coefficient (Wildman–Crippen LogP) is 3.34. The highest BCUT2D eigenvalue weighted by atomic mass is 28.3. The first-order valence-corrected chi connectivity index (χ1v) is 12.3. The molecule has 0 spiro atoms. The lowest BCUT2D eigenvalue weighted by Gasteiger charge is -2.16. The number of hydrogen-bond donors (Lipinski definition) is 1. The van der Waals surface area contributed by atoms with E-state index in [4.69, 9.17) is 9.72 Å². The summed E-state index contributed by atoms with van der Waals surface area (Å²) in [5, 5.41) is 8.92. The minimum atomic E-state index is -1.05. The summed E-state index contributed by atoms with van der Waals surface area (Å²) in [4.78, 5) is 4.70. The Morgan fingerprint density at radius 2 is 2.09 bits per heavy atom. The maximum absolute atomic E-state index is 5.91. The minimum Gasteiger partial charge on any atom is -0.360 e. The maximum Gasteiger partial charge on any atom is 0.140 e. The Kier molecular flexibility index (Phi) is 4.84. The van der Waals surface area contributed by atoms with Gasteiger partial charge in [0.15, 0.2) is 0 Å². The van der Waals surface area contributed by atoms with Crippen LogP contribution < -0.4 is 5.32 Å². The summed E-state index contributed by atoms with van der Waals surface area (Å²) in [5.74, 6) is 0.638. The van der Waals surface area contributed by atoms with Crippen LogP contribution in [0.2, 0.25) is 25.7 Å². The molecule has 1 fully saturated rings. The zero-order valence-corrected chi connectivity index (χ0v) is 15.7. The molecule has 1 aliphatic rings. The van der Waals surface area contributed by atoms with Crippen molar-refractivity contribution < 1.29 is 4.74 Å². The third-order valence-corrected chi connectivity index (χ3v) is 6.04. The van der Waals surface area contributed by atoms with Crippen molar-refractivity contribution in [1.29, 1.82) is 0 Å². The van der Waals surface area contributed by atoms with E-state index >= 15 is 0 Å². The van der Waals surface area contributed by atoms with E-state index in [0.717, 1.165) is 18.5 Å². The van der Waals surface area contributed by atoms with Gasteiger partial charge < -0.3 is 10.1 Å². The van der Waals surface area contributed by atoms with Crippen molar-refractivity contribution >= 4 is 19.0 Å². The molecule has 2 heterocycles. The van der Waals surface area contributed by atoms with Crippen molar-refractivity contribution in [3.05, 3.63) is 23.7 Å². The Balaban J connectivity index is 1.81. The Bertz CT molecular complexity index is 673. The summed E-state index contributed by atoms with van der Waals surface area (Å²) in [5.41, 5.74) is 3.72. The van der Waals surface area contributed by atoms with E-state index in [1.807, 2.05) is 24.1 Å². The molecule has 126 valence electrons. The van der Waals surface area contributed by atoms with Crippen molar-refractivity contribution in [2.24, 2.45) is 0 Å². The molecule has 0 amide bonds. The molecule has 2 aromatic rings. The number of fused-ring (bicyclic) bond motifs is 1. The Morgan fingerprint density at radius 3 is 2.74 bits per heavy atom. The van der Waals surface area contributed by atoms with Crippen molar-refractivity contribution in [3.8, 4) is 0 Å². The van der Waals surface area contributed by atoms with Gasteiger partial charge in [-0.3, -0.25) is 4.98 Å². The number of hydrogen-bond acceptors (Lipinski definition) is 4. The molecule has 6 heteroatoms. The van der Waals surface area contributed by atoms with Crippen LogP contribution in [0, 0.1) is 0 Å². The normalized spacial score (nSPS) is 15.5. The van der Waals surface area contributed by atoms with Gasteiger partial charge in [0.05, 0.1) is 17.4 Å². The van der Waals surface area contributed by atoms with Crippen molar-refractivity contribution in [1.82, 2.24) is 20.1 Å². The lowest BCUT2D eigenvalue weighted by atomic mass is 10.1. The van der Waals surface area contributed by atoms with E-state index in [1.165, 1.54) is 35.7 Å². The monoisotopic (exact) mass is 332 g/mol. The number of nitrogens with zero attached hydrogens (tertiary/aromatic N) is 3. The van der Waals surface area contributed by atoms with E-state index in [-0.39, 0.29) is 0 Å². The number of pyridine rings is 1. The molecule has 1 aliphatic carbocycles. The van der Waals surface area contributed by atoms with Crippen molar-refractivity contribution in [2.45, 2.75) is 57.7 Å². The Hall–Kier alpha value is -1.24. The fourth-order valence-electron chi connectivity index (χ4n) is 2.85. The summed E-state index contributed by atoms with van der Waals surface area (Å²) in [6.45, 7) is 9.30. The fourth-order valence-corrected chi connectivity index (χ4v) is 3.61. The van der Waals surface area contributed by atoms with Gasteiger partial charge in [-0.15, -0.1) is 0 Å². The molecule has 5 nitrogen and oxygen atoms in total. The molecule has 0 atom stereocenters. The highest BCUT2D eigenvalue weighted by Crippen LogP contribution is 2.42. The zero-order chi connectivity index (χ0) is 16.4. The van der Waals surface area contributed by atoms with Crippen LogP contribution in [0.3, 0.4) is 0 Å². The Labute approximate surface area is 139 Å². The maximum atomic E-state index is 5.91. The van der Waals surface area contributed by atoms with Gasteiger partial charge in [-0.2, -0.15) is 5.10 Å². The van der Waals surface area contributed by atoms with E-state index in [1.54, 1.807) is 0 Å². The van der Waals surface area contributed by atoms with Crippen LogP contribution >= 0.6 is 0 Å². The van der Waals surface area contributed by atoms with Crippen molar-refractivity contribution in [3.63, 3.8) is 0 Å². The quantitative estimate of drug-likeness (QED) is 0.595. The number of aromatic nitrogens is 3. The number of nitrogens with one attached hydrogen (secondary N) is 1. The average molecular weight is 333 g/mol. The molecule has 0 aromatic carbocycles. The summed E-state index contributed by atoms with van der Waals surface area (Å²) in [7, 11) is 0.940. The summed E-state index contributed by atoms with van der Waals surface area (Å²) in [6, 6.07) is 1.18. The largest absolute Gasteiger partial charge is 0.360 e. The van der Waals surface area contributed by atoms with Crippen LogP contribution in [0.1, 0.15) is 30.0 Å². The minimum absolute atomic E-state index is 0.527. The molecule has 2 aromatic heterocycles. The first-order chi connectivity index (χ1) is 11.0. The second-order valence-corrected chi connectivity index (χ2v) is 13.3. The predicted molar refractivity (Wildman–Crippen MR) is 96.4 cm³/mol. The van der Waals surface area contributed by atoms with Gasteiger partial charge >= 0.3 is 0 Å². The first kappa shape index (κ1) is 16.6. The lowest BCUT2D eigenvalue weighted by molar-refractivity contribution is 0.0816. The third kappa shape index (κ3) is 3.99. The van der Waals surface area contributed by atoms with E-state index in [9.17, 15) is 0 Å². The molecule has 0 saturated heterocycles. The van der Waals surface area contributed by atoms with Gasteiger partial charge in [-0.05, 0) is 25.9 Å². The highest BCUT2D eigenvalue weighted by molar-refractivity contribution is 6.76. The molecule has 23 heavy (non-hydrogen) atoms. The molecule has 0 bridgehead atoms. The van der Waals surface area contributed by atoms with Crippen molar-refractivity contribution in [2.75, 3.05) is 13.7 Å². The van der Waals surface area contributed by atoms with Gasteiger partial charge in [-0.1, -0.05) is 19.6 Å². The third-order valence-electron chi connectivity index (χ3n) is 4.33. The molecule has 3 rings (SSSR count). The van der Waals surface area contributed by atoms with Crippen LogP contribution in [0.4, 0.5) is 0 Å². The molecule has 0 unspecified atom stereocenters. The smallest absolute Gasteiger partial charge is 0.140 e. The standard InChI is InChI=1S/C17H28N4OSi/c1-18-11-15-16(13-5-6-13)19-9-14-10-20-21(17(14)15)12-22-7-8-23(2,3)4/h9-10,13,18H,5-8,11-12H2,1-4H3. The molecule has 1 saturated carbocycles. The highest BCUT2D eigenvalue weighted by Gasteiger charge is 2.29.